The normalized spacial score (nSPS) is 31.3. The Morgan fingerprint density at radius 3 is 2.71 bits per heavy atom. The van der Waals surface area contributed by atoms with Crippen molar-refractivity contribution >= 4 is 11.8 Å². The lowest BCUT2D eigenvalue weighted by Crippen LogP contribution is -2.50. The summed E-state index contributed by atoms with van der Waals surface area (Å²) in [5.74, 6) is -0.101. The van der Waals surface area contributed by atoms with Gasteiger partial charge in [0, 0.05) is 13.1 Å². The van der Waals surface area contributed by atoms with Crippen LogP contribution >= 0.6 is 0 Å². The molecule has 0 aromatic rings. The van der Waals surface area contributed by atoms with Gasteiger partial charge in [-0.25, -0.2) is 0 Å². The van der Waals surface area contributed by atoms with Crippen molar-refractivity contribution in [2.45, 2.75) is 44.2 Å². The molecule has 2 amide bonds. The average Bonchev–Trinajstić information content (AvgIpc) is 2.58. The number of nitrogens with two attached hydrogens (primary N) is 1. The molecule has 0 spiro atoms. The largest absolute Gasteiger partial charge is 0.330 e. The fourth-order valence-corrected chi connectivity index (χ4v) is 2.93. The monoisotopic (exact) mass is 239 g/mol. The Balaban J connectivity index is 2.09. The van der Waals surface area contributed by atoms with Gasteiger partial charge in [-0.1, -0.05) is 6.42 Å². The van der Waals surface area contributed by atoms with E-state index in [2.05, 4.69) is 4.90 Å². The zero-order chi connectivity index (χ0) is 12.4. The van der Waals surface area contributed by atoms with Crippen molar-refractivity contribution in [3.63, 3.8) is 0 Å². The van der Waals surface area contributed by atoms with E-state index in [4.69, 9.17) is 5.73 Å². The summed E-state index contributed by atoms with van der Waals surface area (Å²) in [7, 11) is 1.58. The second-order valence-corrected chi connectivity index (χ2v) is 4.98. The number of rotatable bonds is 3. The standard InChI is InChI=1S/C12H21N3O2/c1-14-11(16)8-10(12(14)17)15-7-3-2-4-9(15)5-6-13/h9-10H,2-8,13H2,1H3. The van der Waals surface area contributed by atoms with E-state index in [1.54, 1.807) is 7.05 Å². The van der Waals surface area contributed by atoms with Crippen molar-refractivity contribution in [2.24, 2.45) is 5.73 Å². The van der Waals surface area contributed by atoms with Crippen LogP contribution in [0, 0.1) is 0 Å². The van der Waals surface area contributed by atoms with E-state index >= 15 is 0 Å². The third-order valence-corrected chi connectivity index (χ3v) is 3.93. The Morgan fingerprint density at radius 2 is 2.12 bits per heavy atom. The van der Waals surface area contributed by atoms with Crippen molar-refractivity contribution < 1.29 is 9.59 Å². The first-order valence-corrected chi connectivity index (χ1v) is 6.41. The number of likely N-dealkylation sites (tertiary alicyclic amines) is 2. The van der Waals surface area contributed by atoms with E-state index in [1.165, 1.54) is 11.3 Å². The zero-order valence-corrected chi connectivity index (χ0v) is 10.4. The second-order valence-electron chi connectivity index (χ2n) is 4.98. The fourth-order valence-electron chi connectivity index (χ4n) is 2.93. The molecule has 2 fully saturated rings. The van der Waals surface area contributed by atoms with E-state index in [0.717, 1.165) is 25.8 Å². The van der Waals surface area contributed by atoms with Crippen LogP contribution in [0.2, 0.25) is 0 Å². The summed E-state index contributed by atoms with van der Waals surface area (Å²) in [4.78, 5) is 27.0. The van der Waals surface area contributed by atoms with Crippen LogP contribution < -0.4 is 5.73 Å². The SMILES string of the molecule is CN1C(=O)CC(N2CCCCC2CCN)C1=O. The van der Waals surface area contributed by atoms with Gasteiger partial charge >= 0.3 is 0 Å². The Morgan fingerprint density at radius 1 is 1.35 bits per heavy atom. The molecular formula is C12H21N3O2. The third-order valence-electron chi connectivity index (χ3n) is 3.93. The summed E-state index contributed by atoms with van der Waals surface area (Å²) >= 11 is 0. The minimum atomic E-state index is -0.232. The number of hydrogen-bond acceptors (Lipinski definition) is 4. The first kappa shape index (κ1) is 12.5. The van der Waals surface area contributed by atoms with Gasteiger partial charge < -0.3 is 5.73 Å². The van der Waals surface area contributed by atoms with Gasteiger partial charge in [0.15, 0.2) is 0 Å². The lowest BCUT2D eigenvalue weighted by atomic mass is 9.96. The predicted molar refractivity (Wildman–Crippen MR) is 64.2 cm³/mol. The van der Waals surface area contributed by atoms with Crippen LogP contribution in [0.1, 0.15) is 32.1 Å². The molecule has 2 aliphatic heterocycles. The van der Waals surface area contributed by atoms with Crippen LogP contribution in [0.25, 0.3) is 0 Å². The number of imide groups is 1. The molecule has 2 aliphatic rings. The topological polar surface area (TPSA) is 66.6 Å². The molecule has 5 heteroatoms. The van der Waals surface area contributed by atoms with E-state index in [0.29, 0.717) is 19.0 Å². The highest BCUT2D eigenvalue weighted by Gasteiger charge is 2.42. The van der Waals surface area contributed by atoms with Crippen molar-refractivity contribution in [3.05, 3.63) is 0 Å². The summed E-state index contributed by atoms with van der Waals surface area (Å²) < 4.78 is 0. The molecule has 5 nitrogen and oxygen atoms in total. The zero-order valence-electron chi connectivity index (χ0n) is 10.4. The van der Waals surface area contributed by atoms with Crippen molar-refractivity contribution in [1.29, 1.82) is 0 Å². The molecule has 17 heavy (non-hydrogen) atoms. The molecular weight excluding hydrogens is 218 g/mol. The van der Waals surface area contributed by atoms with Crippen LogP contribution in [0.3, 0.4) is 0 Å². The second kappa shape index (κ2) is 5.14. The first-order chi connectivity index (χ1) is 8.15. The van der Waals surface area contributed by atoms with Gasteiger partial charge in [-0.2, -0.15) is 0 Å². The van der Waals surface area contributed by atoms with E-state index in [1.807, 2.05) is 0 Å². The van der Waals surface area contributed by atoms with Gasteiger partial charge in [0.1, 0.15) is 0 Å². The molecule has 0 radical (unpaired) electrons. The molecule has 2 unspecified atom stereocenters. The summed E-state index contributed by atoms with van der Waals surface area (Å²) in [5.41, 5.74) is 5.62. The highest BCUT2D eigenvalue weighted by molar-refractivity contribution is 6.05. The van der Waals surface area contributed by atoms with E-state index < -0.39 is 0 Å². The molecule has 2 atom stereocenters. The highest BCUT2D eigenvalue weighted by Crippen LogP contribution is 2.26. The minimum Gasteiger partial charge on any atom is -0.330 e. The maximum Gasteiger partial charge on any atom is 0.246 e. The van der Waals surface area contributed by atoms with Crippen molar-refractivity contribution in [2.75, 3.05) is 20.1 Å². The van der Waals surface area contributed by atoms with E-state index in [9.17, 15) is 9.59 Å². The molecule has 0 aliphatic carbocycles. The van der Waals surface area contributed by atoms with Gasteiger partial charge in [0.05, 0.1) is 12.5 Å². The lowest BCUT2D eigenvalue weighted by molar-refractivity contribution is -0.138. The Bertz CT molecular complexity index is 317. The first-order valence-electron chi connectivity index (χ1n) is 6.41. The molecule has 0 aromatic heterocycles. The summed E-state index contributed by atoms with van der Waals surface area (Å²) in [6.07, 6.45) is 4.67. The Labute approximate surface area is 102 Å². The summed E-state index contributed by atoms with van der Waals surface area (Å²) in [6.45, 7) is 1.56. The number of carbonyl (C=O) groups excluding carboxylic acids is 2. The van der Waals surface area contributed by atoms with Gasteiger partial charge in [0.2, 0.25) is 11.8 Å². The number of nitrogens with zero attached hydrogens (tertiary/aromatic N) is 2. The number of carbonyl (C=O) groups is 2. The number of piperidine rings is 1. The Hall–Kier alpha value is -0.940. The van der Waals surface area contributed by atoms with Crippen molar-refractivity contribution in [3.8, 4) is 0 Å². The molecule has 2 saturated heterocycles. The van der Waals surface area contributed by atoms with E-state index in [-0.39, 0.29) is 17.9 Å². The lowest BCUT2D eigenvalue weighted by Gasteiger charge is -2.38. The quantitative estimate of drug-likeness (QED) is 0.701. The van der Waals surface area contributed by atoms with Crippen molar-refractivity contribution in [1.82, 2.24) is 9.80 Å². The molecule has 0 saturated carbocycles. The van der Waals surface area contributed by atoms with Gasteiger partial charge in [-0.05, 0) is 32.4 Å². The number of amides is 2. The van der Waals surface area contributed by atoms with Crippen LogP contribution in [-0.4, -0.2) is 53.8 Å². The summed E-state index contributed by atoms with van der Waals surface area (Å²) in [6, 6.07) is 0.145. The Kier molecular flexibility index (Phi) is 3.79. The van der Waals surface area contributed by atoms with Gasteiger partial charge in [-0.15, -0.1) is 0 Å². The number of likely N-dealkylation sites (N-methyl/N-ethyl adjacent to an activating group) is 1. The molecule has 2 rings (SSSR count). The molecule has 96 valence electrons. The van der Waals surface area contributed by atoms with Crippen LogP contribution in [0.4, 0.5) is 0 Å². The maximum atomic E-state index is 12.0. The highest BCUT2D eigenvalue weighted by atomic mass is 16.2. The molecule has 2 heterocycles. The van der Waals surface area contributed by atoms with Gasteiger partial charge in [0.25, 0.3) is 0 Å². The van der Waals surface area contributed by atoms with Gasteiger partial charge in [-0.3, -0.25) is 19.4 Å². The van der Waals surface area contributed by atoms with Crippen LogP contribution in [0.15, 0.2) is 0 Å². The molecule has 0 bridgehead atoms. The van der Waals surface area contributed by atoms with Crippen LogP contribution in [0.5, 0.6) is 0 Å². The fraction of sp³-hybridized carbons (Fsp3) is 0.833. The molecule has 0 aromatic carbocycles. The summed E-state index contributed by atoms with van der Waals surface area (Å²) in [5, 5.41) is 0. The average molecular weight is 239 g/mol. The van der Waals surface area contributed by atoms with Crippen LogP contribution in [-0.2, 0) is 9.59 Å². The predicted octanol–water partition coefficient (Wildman–Crippen LogP) is -0.0530. The third kappa shape index (κ3) is 2.35. The molecule has 2 N–H and O–H groups in total. The number of hydrogen-bond donors (Lipinski definition) is 1. The smallest absolute Gasteiger partial charge is 0.246 e. The minimum absolute atomic E-state index is 0.0427. The maximum absolute atomic E-state index is 12.0.